The molecule has 1 aromatic carbocycles. The molecule has 1 aliphatic heterocycles. The zero-order chi connectivity index (χ0) is 17.0. The van der Waals surface area contributed by atoms with E-state index in [4.69, 9.17) is 4.74 Å². The SMILES string of the molecule is CCOC(=O)c1ccc(NC(=O)/C=C2/SCC(=O)N2C)cc1O. The molecule has 2 N–H and O–H groups in total. The normalized spacial score (nSPS) is 15.8. The van der Waals surface area contributed by atoms with Crippen molar-refractivity contribution in [2.24, 2.45) is 0 Å². The maximum atomic E-state index is 11.9. The molecule has 2 amide bonds. The summed E-state index contributed by atoms with van der Waals surface area (Å²) in [5.41, 5.74) is 0.356. The standard InChI is InChI=1S/C15H16N2O5S/c1-3-22-15(21)10-5-4-9(6-11(10)18)16-12(19)7-14-17(2)13(20)8-23-14/h4-7,18H,3,8H2,1-2H3,(H,16,19)/b14-7+. The van der Waals surface area contributed by atoms with Gasteiger partial charge in [0.1, 0.15) is 11.3 Å². The van der Waals surface area contributed by atoms with Gasteiger partial charge in [-0.15, -0.1) is 0 Å². The van der Waals surface area contributed by atoms with Gasteiger partial charge in [-0.1, -0.05) is 11.8 Å². The van der Waals surface area contributed by atoms with Gasteiger partial charge in [0.2, 0.25) is 5.91 Å². The molecular formula is C15H16N2O5S. The van der Waals surface area contributed by atoms with Gasteiger partial charge in [0.05, 0.1) is 17.4 Å². The van der Waals surface area contributed by atoms with Crippen molar-refractivity contribution < 1.29 is 24.2 Å². The average Bonchev–Trinajstić information content (AvgIpc) is 2.79. The van der Waals surface area contributed by atoms with E-state index < -0.39 is 11.9 Å². The number of phenols is 1. The molecular weight excluding hydrogens is 320 g/mol. The fraction of sp³-hybridized carbons (Fsp3) is 0.267. The molecule has 8 heteroatoms. The predicted molar refractivity (Wildman–Crippen MR) is 86.0 cm³/mol. The van der Waals surface area contributed by atoms with Crippen LogP contribution in [0, 0.1) is 0 Å². The van der Waals surface area contributed by atoms with Gasteiger partial charge >= 0.3 is 5.97 Å². The Bertz CT molecular complexity index is 686. The summed E-state index contributed by atoms with van der Waals surface area (Å²) in [5, 5.41) is 13.0. The smallest absolute Gasteiger partial charge is 0.341 e. The Labute approximate surface area is 137 Å². The quantitative estimate of drug-likeness (QED) is 0.640. The highest BCUT2D eigenvalue weighted by atomic mass is 32.2. The molecule has 7 nitrogen and oxygen atoms in total. The third-order valence-electron chi connectivity index (χ3n) is 3.06. The largest absolute Gasteiger partial charge is 0.507 e. The molecule has 0 saturated carbocycles. The van der Waals surface area contributed by atoms with Crippen LogP contribution in [0.4, 0.5) is 5.69 Å². The molecule has 0 atom stereocenters. The van der Waals surface area contributed by atoms with Crippen LogP contribution in [-0.4, -0.2) is 47.2 Å². The monoisotopic (exact) mass is 336 g/mol. The molecule has 0 spiro atoms. The number of hydrogen-bond acceptors (Lipinski definition) is 6. The highest BCUT2D eigenvalue weighted by molar-refractivity contribution is 8.04. The van der Waals surface area contributed by atoms with Crippen molar-refractivity contribution in [1.29, 1.82) is 0 Å². The number of esters is 1. The van der Waals surface area contributed by atoms with Gasteiger partial charge < -0.3 is 20.1 Å². The minimum Gasteiger partial charge on any atom is -0.507 e. The van der Waals surface area contributed by atoms with Crippen molar-refractivity contribution in [3.05, 3.63) is 34.9 Å². The Hall–Kier alpha value is -2.48. The molecule has 23 heavy (non-hydrogen) atoms. The van der Waals surface area contributed by atoms with E-state index in [0.717, 1.165) is 0 Å². The zero-order valence-corrected chi connectivity index (χ0v) is 13.5. The van der Waals surface area contributed by atoms with Crippen LogP contribution in [-0.2, 0) is 14.3 Å². The first-order valence-corrected chi connectivity index (χ1v) is 7.83. The average molecular weight is 336 g/mol. The Kier molecular flexibility index (Phi) is 5.28. The lowest BCUT2D eigenvalue weighted by molar-refractivity contribution is -0.124. The molecule has 2 rings (SSSR count). The van der Waals surface area contributed by atoms with Gasteiger partial charge in [-0.2, -0.15) is 0 Å². The lowest BCUT2D eigenvalue weighted by atomic mass is 10.2. The molecule has 1 saturated heterocycles. The summed E-state index contributed by atoms with van der Waals surface area (Å²) >= 11 is 1.28. The van der Waals surface area contributed by atoms with Gasteiger partial charge in [-0.25, -0.2) is 4.79 Å². The second kappa shape index (κ2) is 7.19. The number of carbonyl (C=O) groups excluding carboxylic acids is 3. The molecule has 1 fully saturated rings. The number of rotatable bonds is 4. The van der Waals surface area contributed by atoms with E-state index in [-0.39, 0.29) is 23.8 Å². The predicted octanol–water partition coefficient (Wildman–Crippen LogP) is 1.55. The fourth-order valence-corrected chi connectivity index (χ4v) is 2.82. The lowest BCUT2D eigenvalue weighted by Crippen LogP contribution is -2.20. The number of amides is 2. The highest BCUT2D eigenvalue weighted by Crippen LogP contribution is 2.27. The maximum Gasteiger partial charge on any atom is 0.341 e. The molecule has 1 heterocycles. The highest BCUT2D eigenvalue weighted by Gasteiger charge is 2.23. The van der Waals surface area contributed by atoms with Gasteiger partial charge in [-0.05, 0) is 19.1 Å². The van der Waals surface area contributed by atoms with Crippen molar-refractivity contribution >= 4 is 35.2 Å². The van der Waals surface area contributed by atoms with E-state index in [2.05, 4.69) is 5.32 Å². The van der Waals surface area contributed by atoms with Crippen molar-refractivity contribution in [1.82, 2.24) is 4.90 Å². The van der Waals surface area contributed by atoms with Crippen LogP contribution >= 0.6 is 11.8 Å². The van der Waals surface area contributed by atoms with Crippen molar-refractivity contribution in [3.63, 3.8) is 0 Å². The van der Waals surface area contributed by atoms with Gasteiger partial charge in [0.25, 0.3) is 5.91 Å². The maximum absolute atomic E-state index is 11.9. The van der Waals surface area contributed by atoms with Gasteiger partial charge in [-0.3, -0.25) is 9.59 Å². The van der Waals surface area contributed by atoms with Crippen molar-refractivity contribution in [2.75, 3.05) is 24.7 Å². The van der Waals surface area contributed by atoms with Crippen molar-refractivity contribution in [2.45, 2.75) is 6.92 Å². The van der Waals surface area contributed by atoms with Crippen molar-refractivity contribution in [3.8, 4) is 5.75 Å². The summed E-state index contributed by atoms with van der Waals surface area (Å²) < 4.78 is 4.80. The van der Waals surface area contributed by atoms with E-state index in [1.807, 2.05) is 0 Å². The number of anilines is 1. The topological polar surface area (TPSA) is 95.9 Å². The molecule has 0 aromatic heterocycles. The number of thioether (sulfide) groups is 1. The number of benzene rings is 1. The number of ether oxygens (including phenoxy) is 1. The molecule has 1 aromatic rings. The summed E-state index contributed by atoms with van der Waals surface area (Å²) in [6.07, 6.45) is 1.31. The molecule has 0 aliphatic carbocycles. The van der Waals surface area contributed by atoms with Crippen LogP contribution < -0.4 is 5.32 Å². The number of hydrogen-bond donors (Lipinski definition) is 2. The zero-order valence-electron chi connectivity index (χ0n) is 12.7. The number of nitrogens with zero attached hydrogens (tertiary/aromatic N) is 1. The van der Waals surface area contributed by atoms with Crippen LogP contribution in [0.25, 0.3) is 0 Å². The van der Waals surface area contributed by atoms with Gasteiger partial charge in [0, 0.05) is 24.9 Å². The van der Waals surface area contributed by atoms with Gasteiger partial charge in [0.15, 0.2) is 0 Å². The van der Waals surface area contributed by atoms with E-state index in [9.17, 15) is 19.5 Å². The van der Waals surface area contributed by atoms with Crippen LogP contribution in [0.2, 0.25) is 0 Å². The Morgan fingerprint density at radius 1 is 1.48 bits per heavy atom. The first-order valence-electron chi connectivity index (χ1n) is 6.84. The molecule has 1 aliphatic rings. The van der Waals surface area contributed by atoms with Crippen LogP contribution in [0.15, 0.2) is 29.3 Å². The minimum absolute atomic E-state index is 0.0277. The van der Waals surface area contributed by atoms with E-state index >= 15 is 0 Å². The second-order valence-electron chi connectivity index (χ2n) is 4.67. The summed E-state index contributed by atoms with van der Waals surface area (Å²) in [6, 6.07) is 4.12. The van der Waals surface area contributed by atoms with E-state index in [1.165, 1.54) is 40.9 Å². The summed E-state index contributed by atoms with van der Waals surface area (Å²) in [5.74, 6) is -1.10. The Morgan fingerprint density at radius 2 is 2.22 bits per heavy atom. The van der Waals surface area contributed by atoms with Crippen LogP contribution in [0.1, 0.15) is 17.3 Å². The number of aromatic hydroxyl groups is 1. The molecule has 0 bridgehead atoms. The number of phenolic OH excluding ortho intramolecular Hbond substituents is 1. The summed E-state index contributed by atoms with van der Waals surface area (Å²) in [4.78, 5) is 36.3. The Morgan fingerprint density at radius 3 is 2.78 bits per heavy atom. The first kappa shape index (κ1) is 16.9. The number of carbonyl (C=O) groups is 3. The van der Waals surface area contributed by atoms with E-state index in [1.54, 1.807) is 14.0 Å². The minimum atomic E-state index is -0.632. The molecule has 122 valence electrons. The summed E-state index contributed by atoms with van der Waals surface area (Å²) in [7, 11) is 1.60. The molecule has 0 radical (unpaired) electrons. The Balaban J connectivity index is 2.07. The first-order chi connectivity index (χ1) is 10.9. The summed E-state index contributed by atoms with van der Waals surface area (Å²) in [6.45, 7) is 1.87. The van der Waals surface area contributed by atoms with E-state index in [0.29, 0.717) is 16.5 Å². The van der Waals surface area contributed by atoms with Crippen LogP contribution in [0.3, 0.4) is 0 Å². The third kappa shape index (κ3) is 4.04. The second-order valence-corrected chi connectivity index (χ2v) is 5.66. The lowest BCUT2D eigenvalue weighted by Gasteiger charge is -2.10. The third-order valence-corrected chi connectivity index (χ3v) is 4.14. The number of nitrogens with one attached hydrogen (secondary N) is 1. The fourth-order valence-electron chi connectivity index (χ4n) is 1.87. The van der Waals surface area contributed by atoms with Crippen LogP contribution in [0.5, 0.6) is 5.75 Å². The molecule has 0 unspecified atom stereocenters.